The molecule has 0 aliphatic rings. The van der Waals surface area contributed by atoms with E-state index in [2.05, 4.69) is 19.1 Å². The summed E-state index contributed by atoms with van der Waals surface area (Å²) in [5, 5.41) is 0. The maximum Gasteiger partial charge on any atom is 0.122 e. The highest BCUT2D eigenvalue weighted by Crippen LogP contribution is 2.22. The van der Waals surface area contributed by atoms with Gasteiger partial charge in [0.25, 0.3) is 0 Å². The number of benzene rings is 1. The van der Waals surface area contributed by atoms with Gasteiger partial charge in [0, 0.05) is 5.88 Å². The summed E-state index contributed by atoms with van der Waals surface area (Å²) in [5.74, 6) is 1.52. The van der Waals surface area contributed by atoms with E-state index in [1.54, 1.807) is 7.11 Å². The van der Waals surface area contributed by atoms with Crippen LogP contribution in [0.25, 0.3) is 0 Å². The molecule has 1 nitrogen and oxygen atoms in total. The average molecular weight is 213 g/mol. The molecular formula is C12H17ClO. The van der Waals surface area contributed by atoms with E-state index in [-0.39, 0.29) is 0 Å². The highest BCUT2D eigenvalue weighted by Gasteiger charge is 2.03. The van der Waals surface area contributed by atoms with E-state index in [1.165, 1.54) is 18.4 Å². The third-order valence-electron chi connectivity index (χ3n) is 2.31. The predicted octanol–water partition coefficient (Wildman–Crippen LogP) is 3.78. The van der Waals surface area contributed by atoms with Gasteiger partial charge in [0.1, 0.15) is 5.75 Å². The van der Waals surface area contributed by atoms with Crippen LogP contribution in [-0.4, -0.2) is 7.11 Å². The molecule has 0 spiro atoms. The van der Waals surface area contributed by atoms with E-state index in [0.717, 1.165) is 17.7 Å². The molecule has 1 aromatic rings. The summed E-state index contributed by atoms with van der Waals surface area (Å²) in [6, 6.07) is 6.21. The van der Waals surface area contributed by atoms with Crippen LogP contribution in [0, 0.1) is 0 Å². The van der Waals surface area contributed by atoms with Crippen LogP contribution < -0.4 is 4.74 Å². The van der Waals surface area contributed by atoms with Crippen molar-refractivity contribution in [3.63, 3.8) is 0 Å². The molecule has 14 heavy (non-hydrogen) atoms. The van der Waals surface area contributed by atoms with Crippen LogP contribution in [-0.2, 0) is 12.3 Å². The molecule has 0 bridgehead atoms. The second kappa shape index (κ2) is 5.92. The second-order valence-electron chi connectivity index (χ2n) is 3.38. The Balaban J connectivity index is 2.82. The van der Waals surface area contributed by atoms with Crippen molar-refractivity contribution in [3.8, 4) is 5.75 Å². The highest BCUT2D eigenvalue weighted by molar-refractivity contribution is 6.17. The standard InChI is InChI=1S/C12H17ClO/c1-3-4-5-11-7-6-10(9-13)8-12(11)14-2/h6-8H,3-5,9H2,1-2H3. The lowest BCUT2D eigenvalue weighted by molar-refractivity contribution is 0.408. The molecule has 0 atom stereocenters. The number of unbranched alkanes of at least 4 members (excludes halogenated alkanes) is 1. The lowest BCUT2D eigenvalue weighted by atomic mass is 10.1. The molecule has 0 unspecified atom stereocenters. The molecule has 78 valence electrons. The quantitative estimate of drug-likeness (QED) is 0.675. The molecule has 0 aliphatic carbocycles. The predicted molar refractivity (Wildman–Crippen MR) is 61.2 cm³/mol. The van der Waals surface area contributed by atoms with Crippen LogP contribution in [0.2, 0.25) is 0 Å². The number of hydrogen-bond donors (Lipinski definition) is 0. The Kier molecular flexibility index (Phi) is 4.81. The van der Waals surface area contributed by atoms with E-state index in [4.69, 9.17) is 16.3 Å². The van der Waals surface area contributed by atoms with Crippen LogP contribution in [0.1, 0.15) is 30.9 Å². The van der Waals surface area contributed by atoms with E-state index in [0.29, 0.717) is 5.88 Å². The maximum absolute atomic E-state index is 5.76. The molecule has 1 aromatic carbocycles. The van der Waals surface area contributed by atoms with Crippen LogP contribution in [0.3, 0.4) is 0 Å². The summed E-state index contributed by atoms with van der Waals surface area (Å²) in [7, 11) is 1.71. The third kappa shape index (κ3) is 2.91. The number of rotatable bonds is 5. The normalized spacial score (nSPS) is 10.2. The van der Waals surface area contributed by atoms with Crippen molar-refractivity contribution >= 4 is 11.6 Å². The smallest absolute Gasteiger partial charge is 0.122 e. The molecule has 1 rings (SSSR count). The molecule has 0 amide bonds. The number of ether oxygens (including phenoxy) is 1. The first-order valence-electron chi connectivity index (χ1n) is 5.03. The SMILES string of the molecule is CCCCc1ccc(CCl)cc1OC. The summed E-state index contributed by atoms with van der Waals surface area (Å²) in [6.07, 6.45) is 3.50. The Labute approximate surface area is 91.0 Å². The summed E-state index contributed by atoms with van der Waals surface area (Å²) >= 11 is 5.76. The molecular weight excluding hydrogens is 196 g/mol. The molecule has 0 aliphatic heterocycles. The van der Waals surface area contributed by atoms with Gasteiger partial charge >= 0.3 is 0 Å². The monoisotopic (exact) mass is 212 g/mol. The van der Waals surface area contributed by atoms with Gasteiger partial charge in [0.05, 0.1) is 7.11 Å². The van der Waals surface area contributed by atoms with E-state index in [1.807, 2.05) is 6.07 Å². The molecule has 0 heterocycles. The Bertz CT molecular complexity index is 284. The van der Waals surface area contributed by atoms with E-state index >= 15 is 0 Å². The Hall–Kier alpha value is -0.690. The Morgan fingerprint density at radius 3 is 2.71 bits per heavy atom. The number of alkyl halides is 1. The molecule has 0 saturated carbocycles. The lowest BCUT2D eigenvalue weighted by Crippen LogP contribution is -1.93. The molecule has 0 aromatic heterocycles. The minimum absolute atomic E-state index is 0.546. The summed E-state index contributed by atoms with van der Waals surface area (Å²) in [6.45, 7) is 2.19. The van der Waals surface area contributed by atoms with Crippen LogP contribution >= 0.6 is 11.6 Å². The van der Waals surface area contributed by atoms with Crippen molar-refractivity contribution in [2.24, 2.45) is 0 Å². The first-order chi connectivity index (χ1) is 6.81. The highest BCUT2D eigenvalue weighted by atomic mass is 35.5. The summed E-state index contributed by atoms with van der Waals surface area (Å²) < 4.78 is 5.33. The fraction of sp³-hybridized carbons (Fsp3) is 0.500. The van der Waals surface area contributed by atoms with Gasteiger partial charge < -0.3 is 4.74 Å². The Morgan fingerprint density at radius 1 is 1.36 bits per heavy atom. The fourth-order valence-electron chi connectivity index (χ4n) is 1.45. The van der Waals surface area contributed by atoms with Crippen molar-refractivity contribution in [3.05, 3.63) is 29.3 Å². The zero-order chi connectivity index (χ0) is 10.4. The van der Waals surface area contributed by atoms with Gasteiger partial charge in [-0.05, 0) is 30.0 Å². The number of halogens is 1. The zero-order valence-electron chi connectivity index (χ0n) is 8.85. The molecule has 0 fully saturated rings. The number of methoxy groups -OCH3 is 1. The van der Waals surface area contributed by atoms with Gasteiger partial charge in [0.2, 0.25) is 0 Å². The van der Waals surface area contributed by atoms with E-state index in [9.17, 15) is 0 Å². The Morgan fingerprint density at radius 2 is 2.14 bits per heavy atom. The van der Waals surface area contributed by atoms with Gasteiger partial charge in [-0.15, -0.1) is 11.6 Å². The van der Waals surface area contributed by atoms with Crippen LogP contribution in [0.5, 0.6) is 5.75 Å². The van der Waals surface area contributed by atoms with Gasteiger partial charge in [-0.3, -0.25) is 0 Å². The van der Waals surface area contributed by atoms with Crippen molar-refractivity contribution < 1.29 is 4.74 Å². The maximum atomic E-state index is 5.76. The number of hydrogen-bond acceptors (Lipinski definition) is 1. The minimum Gasteiger partial charge on any atom is -0.496 e. The largest absolute Gasteiger partial charge is 0.496 e. The first-order valence-corrected chi connectivity index (χ1v) is 5.57. The van der Waals surface area contributed by atoms with Crippen molar-refractivity contribution in [1.29, 1.82) is 0 Å². The summed E-state index contributed by atoms with van der Waals surface area (Å²) in [4.78, 5) is 0. The summed E-state index contributed by atoms with van der Waals surface area (Å²) in [5.41, 5.74) is 2.40. The zero-order valence-corrected chi connectivity index (χ0v) is 9.60. The van der Waals surface area contributed by atoms with Crippen LogP contribution in [0.15, 0.2) is 18.2 Å². The second-order valence-corrected chi connectivity index (χ2v) is 3.65. The first kappa shape index (κ1) is 11.4. The minimum atomic E-state index is 0.546. The van der Waals surface area contributed by atoms with Crippen molar-refractivity contribution in [1.82, 2.24) is 0 Å². The third-order valence-corrected chi connectivity index (χ3v) is 2.61. The van der Waals surface area contributed by atoms with Gasteiger partial charge in [-0.1, -0.05) is 25.5 Å². The molecule has 0 N–H and O–H groups in total. The number of aryl methyl sites for hydroxylation is 1. The van der Waals surface area contributed by atoms with Crippen LogP contribution in [0.4, 0.5) is 0 Å². The van der Waals surface area contributed by atoms with Crippen molar-refractivity contribution in [2.75, 3.05) is 7.11 Å². The van der Waals surface area contributed by atoms with Gasteiger partial charge in [-0.25, -0.2) is 0 Å². The molecule has 0 radical (unpaired) electrons. The fourth-order valence-corrected chi connectivity index (χ4v) is 1.61. The molecule has 0 saturated heterocycles. The van der Waals surface area contributed by atoms with Crippen molar-refractivity contribution in [2.45, 2.75) is 32.1 Å². The molecule has 2 heteroatoms. The van der Waals surface area contributed by atoms with E-state index < -0.39 is 0 Å². The topological polar surface area (TPSA) is 9.23 Å². The average Bonchev–Trinajstić information content (AvgIpc) is 2.26. The van der Waals surface area contributed by atoms with Gasteiger partial charge in [-0.2, -0.15) is 0 Å². The lowest BCUT2D eigenvalue weighted by Gasteiger charge is -2.09. The van der Waals surface area contributed by atoms with Gasteiger partial charge in [0.15, 0.2) is 0 Å².